The number of rotatable bonds is 38. The highest BCUT2D eigenvalue weighted by molar-refractivity contribution is 5.79. The fourth-order valence-corrected chi connectivity index (χ4v) is 8.39. The van der Waals surface area contributed by atoms with Gasteiger partial charge in [0.05, 0.1) is 13.2 Å². The van der Waals surface area contributed by atoms with Gasteiger partial charge in [-0.05, 0) is 60.2 Å². The first-order valence-electron chi connectivity index (χ1n) is 24.3. The molecule has 1 amide bonds. The first-order chi connectivity index (χ1) is 27.5. The highest BCUT2D eigenvalue weighted by atomic mass is 16.7. The van der Waals surface area contributed by atoms with Crippen molar-refractivity contribution >= 4 is 5.91 Å². The van der Waals surface area contributed by atoms with Crippen LogP contribution in [-0.2, 0) is 23.7 Å². The zero-order valence-corrected chi connectivity index (χ0v) is 39.5. The number of hydrogen-bond donors (Lipinski definition) is 4. The molecule has 1 fully saturated rings. The minimum atomic E-state index is -1.76. The van der Waals surface area contributed by atoms with Crippen molar-refractivity contribution in [1.29, 1.82) is 0 Å². The van der Waals surface area contributed by atoms with E-state index in [1.807, 2.05) is 0 Å². The Kier molecular flexibility index (Phi) is 31.3. The van der Waals surface area contributed by atoms with E-state index in [2.05, 4.69) is 69.2 Å². The van der Waals surface area contributed by atoms with Crippen LogP contribution in [0.15, 0.2) is 0 Å². The minimum Gasteiger partial charge on any atom is -0.387 e. The predicted molar refractivity (Wildman–Crippen MR) is 239 cm³/mol. The Labute approximate surface area is 358 Å². The van der Waals surface area contributed by atoms with Gasteiger partial charge in [0.1, 0.15) is 24.4 Å². The van der Waals surface area contributed by atoms with Gasteiger partial charge in [-0.25, -0.2) is 0 Å². The summed E-state index contributed by atoms with van der Waals surface area (Å²) in [4.78, 5) is 11.5. The topological polar surface area (TPSA) is 141 Å². The third-order valence-electron chi connectivity index (χ3n) is 12.9. The molecule has 0 spiro atoms. The molecule has 0 radical (unpaired) electrons. The molecular weight excluding hydrogens is 731 g/mol. The number of amides is 1. The Balaban J connectivity index is 2.45. The molecule has 9 nitrogen and oxygen atoms in total. The lowest BCUT2D eigenvalue weighted by Gasteiger charge is -2.23. The smallest absolute Gasteiger partial charge is 0.249 e. The Bertz CT molecular complexity index is 982. The molecule has 1 saturated heterocycles. The number of ether oxygens (including phenoxy) is 4. The van der Waals surface area contributed by atoms with Crippen molar-refractivity contribution in [3.8, 4) is 0 Å². The van der Waals surface area contributed by atoms with Gasteiger partial charge in [0.2, 0.25) is 5.91 Å². The van der Waals surface area contributed by atoms with Crippen molar-refractivity contribution < 1.29 is 39.1 Å². The number of aliphatic hydroxyl groups is 3. The van der Waals surface area contributed by atoms with Crippen molar-refractivity contribution in [1.82, 2.24) is 0 Å². The summed E-state index contributed by atoms with van der Waals surface area (Å²) in [7, 11) is 0. The van der Waals surface area contributed by atoms with Gasteiger partial charge in [-0.2, -0.15) is 0 Å². The zero-order chi connectivity index (χ0) is 43.5. The van der Waals surface area contributed by atoms with Crippen molar-refractivity contribution in [2.45, 2.75) is 234 Å². The van der Waals surface area contributed by atoms with Crippen LogP contribution in [0.2, 0.25) is 0 Å². The summed E-state index contributed by atoms with van der Waals surface area (Å²) in [5, 5.41) is 30.9. The second-order valence-electron chi connectivity index (χ2n) is 20.3. The van der Waals surface area contributed by atoms with E-state index in [9.17, 15) is 20.1 Å². The second kappa shape index (κ2) is 32.8. The van der Waals surface area contributed by atoms with Crippen LogP contribution in [-0.4, -0.2) is 84.5 Å². The van der Waals surface area contributed by atoms with Crippen LogP contribution in [0.4, 0.5) is 0 Å². The van der Waals surface area contributed by atoms with Crippen molar-refractivity contribution in [2.75, 3.05) is 26.4 Å². The molecule has 1 aliphatic heterocycles. The molecule has 2 unspecified atom stereocenters. The van der Waals surface area contributed by atoms with E-state index in [1.54, 1.807) is 0 Å². The molecular formula is C49H97NO8. The molecule has 5 N–H and O–H groups in total. The van der Waals surface area contributed by atoms with E-state index in [0.29, 0.717) is 31.7 Å². The van der Waals surface area contributed by atoms with Crippen LogP contribution in [0.1, 0.15) is 198 Å². The summed E-state index contributed by atoms with van der Waals surface area (Å²) in [6.45, 7) is 25.1. The average Bonchev–Trinajstić information content (AvgIpc) is 3.43. The van der Waals surface area contributed by atoms with E-state index in [-0.39, 0.29) is 6.61 Å². The van der Waals surface area contributed by atoms with Gasteiger partial charge in [0.25, 0.3) is 0 Å². The van der Waals surface area contributed by atoms with Gasteiger partial charge in [-0.1, -0.05) is 185 Å². The van der Waals surface area contributed by atoms with Crippen molar-refractivity contribution in [3.63, 3.8) is 0 Å². The summed E-state index contributed by atoms with van der Waals surface area (Å²) < 4.78 is 23.8. The van der Waals surface area contributed by atoms with Crippen molar-refractivity contribution in [3.05, 3.63) is 0 Å². The van der Waals surface area contributed by atoms with E-state index in [4.69, 9.17) is 24.7 Å². The number of primary amides is 1. The molecule has 0 aromatic heterocycles. The third kappa shape index (κ3) is 27.2. The first kappa shape index (κ1) is 55.2. The largest absolute Gasteiger partial charge is 0.387 e. The Morgan fingerprint density at radius 3 is 1.28 bits per heavy atom. The van der Waals surface area contributed by atoms with Gasteiger partial charge < -0.3 is 40.0 Å². The van der Waals surface area contributed by atoms with Crippen LogP contribution < -0.4 is 5.73 Å². The number of aliphatic hydroxyl groups excluding tert-OH is 3. The first-order valence-corrected chi connectivity index (χ1v) is 24.3. The molecule has 0 aromatic carbocycles. The molecule has 0 bridgehead atoms. The SMILES string of the molecule is CC(C)CCC[C@@H](C)CCC[C@@H](C)CCCC(C)CCOC[C@@H](CO[C@@H]1O[C@H]([C@@H](O)C(N)=O)[C@H](O)[C@H]1O)OCCC(C)CCC[C@H](C)CCC[C@H](C)CCCC(C)C. The van der Waals surface area contributed by atoms with Gasteiger partial charge >= 0.3 is 0 Å². The summed E-state index contributed by atoms with van der Waals surface area (Å²) >= 11 is 0. The van der Waals surface area contributed by atoms with Gasteiger partial charge in [-0.3, -0.25) is 4.79 Å². The Hall–Kier alpha value is -0.810. The highest BCUT2D eigenvalue weighted by Crippen LogP contribution is 2.27. The van der Waals surface area contributed by atoms with Crippen LogP contribution in [0, 0.1) is 47.3 Å². The van der Waals surface area contributed by atoms with Crippen LogP contribution in [0.5, 0.6) is 0 Å². The van der Waals surface area contributed by atoms with Gasteiger partial charge in [0, 0.05) is 13.2 Å². The number of hydrogen-bond acceptors (Lipinski definition) is 8. The molecule has 9 heteroatoms. The monoisotopic (exact) mass is 828 g/mol. The lowest BCUT2D eigenvalue weighted by Crippen LogP contribution is -2.45. The van der Waals surface area contributed by atoms with Gasteiger partial charge in [0.15, 0.2) is 12.4 Å². The van der Waals surface area contributed by atoms with Crippen LogP contribution in [0.25, 0.3) is 0 Å². The molecule has 0 aromatic rings. The molecule has 0 aliphatic carbocycles. The molecule has 0 saturated carbocycles. The molecule has 346 valence electrons. The number of carbonyl (C=O) groups excluding carboxylic acids is 1. The normalized spacial score (nSPS) is 22.9. The maximum Gasteiger partial charge on any atom is 0.249 e. The molecule has 12 atom stereocenters. The van der Waals surface area contributed by atoms with Crippen LogP contribution >= 0.6 is 0 Å². The second-order valence-corrected chi connectivity index (χ2v) is 20.3. The van der Waals surface area contributed by atoms with E-state index >= 15 is 0 Å². The molecule has 1 rings (SSSR count). The zero-order valence-electron chi connectivity index (χ0n) is 39.5. The summed E-state index contributed by atoms with van der Waals surface area (Å²) in [5.74, 6) is 4.93. The third-order valence-corrected chi connectivity index (χ3v) is 12.9. The summed E-state index contributed by atoms with van der Waals surface area (Å²) in [6, 6.07) is 0. The predicted octanol–water partition coefficient (Wildman–Crippen LogP) is 10.6. The van der Waals surface area contributed by atoms with Gasteiger partial charge in [-0.15, -0.1) is 0 Å². The van der Waals surface area contributed by atoms with Crippen LogP contribution in [0.3, 0.4) is 0 Å². The average molecular weight is 828 g/mol. The highest BCUT2D eigenvalue weighted by Gasteiger charge is 2.48. The quantitative estimate of drug-likeness (QED) is 0.0451. The van der Waals surface area contributed by atoms with E-state index in [1.165, 1.54) is 116 Å². The fourth-order valence-electron chi connectivity index (χ4n) is 8.39. The standard InChI is InChI=1S/C49H97NO8/c1-35(2)17-11-19-37(5)21-13-23-39(7)25-15-27-41(9)29-31-55-33-43(34-57-49-45(52)44(51)47(58-49)46(53)48(50)54)56-32-30-42(10)28-16-26-40(8)24-14-22-38(6)20-12-18-36(3)4/h35-47,49,51-53H,11-34H2,1-10H3,(H2,50,54)/t37-,38-,39-,40-,41?,42?,43+,44-,45-,46-,47+,49-/m1/s1. The Morgan fingerprint density at radius 2 is 0.897 bits per heavy atom. The lowest BCUT2D eigenvalue weighted by molar-refractivity contribution is -0.196. The van der Waals surface area contributed by atoms with E-state index < -0.39 is 42.7 Å². The number of nitrogens with two attached hydrogens (primary N) is 1. The lowest BCUT2D eigenvalue weighted by atomic mass is 9.91. The summed E-state index contributed by atoms with van der Waals surface area (Å²) in [6.07, 6.45) is 17.9. The molecule has 1 heterocycles. The van der Waals surface area contributed by atoms with Crippen molar-refractivity contribution in [2.24, 2.45) is 53.1 Å². The molecule has 1 aliphatic rings. The fraction of sp³-hybridized carbons (Fsp3) is 0.980. The van der Waals surface area contributed by atoms with E-state index in [0.717, 1.165) is 48.3 Å². The maximum atomic E-state index is 11.5. The maximum absolute atomic E-state index is 11.5. The number of carbonyl (C=O) groups is 1. The summed E-state index contributed by atoms with van der Waals surface area (Å²) in [5.41, 5.74) is 5.20. The molecule has 58 heavy (non-hydrogen) atoms. The Morgan fingerprint density at radius 1 is 0.534 bits per heavy atom. The minimum absolute atomic E-state index is 0.0697.